The third-order valence-corrected chi connectivity index (χ3v) is 5.24. The largest absolute Gasteiger partial charge is 0.287 e. The molecule has 1 aromatic heterocycles. The summed E-state index contributed by atoms with van der Waals surface area (Å²) in [4.78, 5) is 17.6. The normalized spacial score (nSPS) is 10.7. The van der Waals surface area contributed by atoms with Gasteiger partial charge < -0.3 is 0 Å². The Labute approximate surface area is 157 Å². The maximum atomic E-state index is 12.9. The first-order chi connectivity index (χ1) is 12.8. The van der Waals surface area contributed by atoms with Crippen LogP contribution in [-0.2, 0) is 13.0 Å². The van der Waals surface area contributed by atoms with Gasteiger partial charge in [-0.3, -0.25) is 9.36 Å². The van der Waals surface area contributed by atoms with Gasteiger partial charge in [0.05, 0.1) is 17.0 Å². The molecule has 3 rings (SSSR count). The number of rotatable bonds is 8. The smallest absolute Gasteiger partial charge is 0.262 e. The fourth-order valence-electron chi connectivity index (χ4n) is 2.86. The number of aromatic nitrogens is 2. The fraction of sp³-hybridized carbons (Fsp3) is 0.286. The van der Waals surface area contributed by atoms with Crippen LogP contribution in [0.1, 0.15) is 24.8 Å². The Morgan fingerprint density at radius 3 is 2.62 bits per heavy atom. The van der Waals surface area contributed by atoms with Gasteiger partial charge >= 0.3 is 0 Å². The Bertz CT molecular complexity index is 960. The third-order valence-electron chi connectivity index (χ3n) is 4.18. The summed E-state index contributed by atoms with van der Waals surface area (Å²) in [5.41, 5.74) is 2.03. The maximum Gasteiger partial charge on any atom is 0.262 e. The standard InChI is InChI=1S/C21H21N3OS/c22-14-6-7-16-26-21-23-19-13-5-4-12-18(19)20(25)24(21)15-8-11-17-9-2-1-3-10-17/h1-5,9-10,12-13H,6-8,11,15-16H2. The van der Waals surface area contributed by atoms with E-state index in [1.165, 1.54) is 5.56 Å². The minimum absolute atomic E-state index is 0.0199. The van der Waals surface area contributed by atoms with Crippen LogP contribution in [-0.4, -0.2) is 15.3 Å². The van der Waals surface area contributed by atoms with Crippen LogP contribution in [0.25, 0.3) is 10.9 Å². The number of thioether (sulfide) groups is 1. The Morgan fingerprint density at radius 1 is 1.04 bits per heavy atom. The molecule has 132 valence electrons. The van der Waals surface area contributed by atoms with Crippen molar-refractivity contribution in [2.24, 2.45) is 0 Å². The lowest BCUT2D eigenvalue weighted by Gasteiger charge is -2.13. The second-order valence-electron chi connectivity index (χ2n) is 6.07. The molecule has 0 aliphatic carbocycles. The number of unbranched alkanes of at least 4 members (excludes halogenated alkanes) is 1. The monoisotopic (exact) mass is 363 g/mol. The van der Waals surface area contributed by atoms with E-state index in [-0.39, 0.29) is 5.56 Å². The average Bonchev–Trinajstić information content (AvgIpc) is 2.68. The van der Waals surface area contributed by atoms with E-state index in [4.69, 9.17) is 10.2 Å². The molecule has 0 aliphatic rings. The Hall–Kier alpha value is -2.58. The van der Waals surface area contributed by atoms with Gasteiger partial charge in [0.2, 0.25) is 0 Å². The van der Waals surface area contributed by atoms with Crippen molar-refractivity contribution in [2.75, 3.05) is 5.75 Å². The van der Waals surface area contributed by atoms with Crippen LogP contribution in [0, 0.1) is 11.3 Å². The van der Waals surface area contributed by atoms with E-state index in [9.17, 15) is 4.79 Å². The molecule has 0 fully saturated rings. The predicted octanol–water partition coefficient (Wildman–Crippen LogP) is 4.43. The number of hydrogen-bond donors (Lipinski definition) is 0. The summed E-state index contributed by atoms with van der Waals surface area (Å²) in [5.74, 6) is 0.789. The summed E-state index contributed by atoms with van der Waals surface area (Å²) in [6, 6.07) is 20.0. The lowest BCUT2D eigenvalue weighted by molar-refractivity contribution is 0.564. The highest BCUT2D eigenvalue weighted by atomic mass is 32.2. The highest BCUT2D eigenvalue weighted by Gasteiger charge is 2.11. The van der Waals surface area contributed by atoms with Crippen LogP contribution >= 0.6 is 11.8 Å². The van der Waals surface area contributed by atoms with Crippen LogP contribution in [0.4, 0.5) is 0 Å². The molecule has 0 radical (unpaired) electrons. The summed E-state index contributed by atoms with van der Waals surface area (Å²) in [6.45, 7) is 0.645. The molecule has 1 heterocycles. The topological polar surface area (TPSA) is 58.7 Å². The van der Waals surface area contributed by atoms with Crippen LogP contribution in [0.15, 0.2) is 64.5 Å². The van der Waals surface area contributed by atoms with E-state index in [2.05, 4.69) is 18.2 Å². The molecule has 0 N–H and O–H groups in total. The van der Waals surface area contributed by atoms with Gasteiger partial charge in [-0.05, 0) is 37.0 Å². The van der Waals surface area contributed by atoms with Crippen molar-refractivity contribution in [3.8, 4) is 6.07 Å². The molecule has 0 amide bonds. The zero-order chi connectivity index (χ0) is 18.2. The van der Waals surface area contributed by atoms with Gasteiger partial charge in [0.25, 0.3) is 5.56 Å². The summed E-state index contributed by atoms with van der Waals surface area (Å²) in [7, 11) is 0. The Balaban J connectivity index is 1.81. The first-order valence-electron chi connectivity index (χ1n) is 8.83. The van der Waals surface area contributed by atoms with E-state index in [0.717, 1.165) is 35.7 Å². The van der Waals surface area contributed by atoms with Gasteiger partial charge in [0.15, 0.2) is 5.16 Å². The number of hydrogen-bond acceptors (Lipinski definition) is 4. The first-order valence-corrected chi connectivity index (χ1v) is 9.81. The van der Waals surface area contributed by atoms with Crippen molar-refractivity contribution in [3.05, 3.63) is 70.5 Å². The fourth-order valence-corrected chi connectivity index (χ4v) is 3.82. The van der Waals surface area contributed by atoms with E-state index in [1.807, 2.05) is 42.5 Å². The molecular weight excluding hydrogens is 342 g/mol. The van der Waals surface area contributed by atoms with Crippen LogP contribution < -0.4 is 5.56 Å². The lowest BCUT2D eigenvalue weighted by Crippen LogP contribution is -2.23. The minimum atomic E-state index is 0.0199. The number of nitrogens with zero attached hydrogens (tertiary/aromatic N) is 3. The molecule has 0 saturated carbocycles. The molecule has 3 aromatic rings. The van der Waals surface area contributed by atoms with Crippen LogP contribution in [0.5, 0.6) is 0 Å². The van der Waals surface area contributed by atoms with Crippen LogP contribution in [0.3, 0.4) is 0 Å². The number of nitriles is 1. The number of para-hydroxylation sites is 1. The van der Waals surface area contributed by atoms with Gasteiger partial charge in [-0.25, -0.2) is 4.98 Å². The maximum absolute atomic E-state index is 12.9. The summed E-state index contributed by atoms with van der Waals surface area (Å²) in [6.07, 6.45) is 3.14. The number of fused-ring (bicyclic) bond motifs is 1. The molecule has 5 heteroatoms. The number of benzene rings is 2. The van der Waals surface area contributed by atoms with Gasteiger partial charge in [-0.15, -0.1) is 0 Å². The van der Waals surface area contributed by atoms with Crippen molar-refractivity contribution in [1.29, 1.82) is 5.26 Å². The quantitative estimate of drug-likeness (QED) is 0.338. The first kappa shape index (κ1) is 18.2. The third kappa shape index (κ3) is 4.53. The molecule has 0 aliphatic heterocycles. The molecule has 0 unspecified atom stereocenters. The molecule has 0 bridgehead atoms. The lowest BCUT2D eigenvalue weighted by atomic mass is 10.1. The summed E-state index contributed by atoms with van der Waals surface area (Å²) < 4.78 is 1.79. The minimum Gasteiger partial charge on any atom is -0.287 e. The zero-order valence-electron chi connectivity index (χ0n) is 14.6. The van der Waals surface area contributed by atoms with E-state index in [1.54, 1.807) is 16.3 Å². The zero-order valence-corrected chi connectivity index (χ0v) is 15.4. The van der Waals surface area contributed by atoms with Crippen molar-refractivity contribution < 1.29 is 0 Å². The van der Waals surface area contributed by atoms with Gasteiger partial charge in [0, 0.05) is 18.7 Å². The van der Waals surface area contributed by atoms with Gasteiger partial charge in [0.1, 0.15) is 0 Å². The van der Waals surface area contributed by atoms with Crippen molar-refractivity contribution >= 4 is 22.7 Å². The SMILES string of the molecule is N#CCCCSc1nc2ccccc2c(=O)n1CCCc1ccccc1. The molecule has 2 aromatic carbocycles. The molecule has 0 atom stereocenters. The summed E-state index contributed by atoms with van der Waals surface area (Å²) in [5, 5.41) is 10.1. The van der Waals surface area contributed by atoms with Crippen molar-refractivity contribution in [1.82, 2.24) is 9.55 Å². The molecule has 0 saturated heterocycles. The highest BCUT2D eigenvalue weighted by Crippen LogP contribution is 2.19. The average molecular weight is 363 g/mol. The summed E-state index contributed by atoms with van der Waals surface area (Å²) >= 11 is 1.56. The van der Waals surface area contributed by atoms with Crippen molar-refractivity contribution in [3.63, 3.8) is 0 Å². The van der Waals surface area contributed by atoms with Gasteiger partial charge in [-0.2, -0.15) is 5.26 Å². The highest BCUT2D eigenvalue weighted by molar-refractivity contribution is 7.99. The number of aryl methyl sites for hydroxylation is 1. The van der Waals surface area contributed by atoms with E-state index < -0.39 is 0 Å². The second-order valence-corrected chi connectivity index (χ2v) is 7.13. The second kappa shape index (κ2) is 9.21. The van der Waals surface area contributed by atoms with Gasteiger partial charge in [-0.1, -0.05) is 54.2 Å². The van der Waals surface area contributed by atoms with Crippen LogP contribution in [0.2, 0.25) is 0 Å². The molecular formula is C21H21N3OS. The Kier molecular flexibility index (Phi) is 6.45. The van der Waals surface area contributed by atoms with E-state index >= 15 is 0 Å². The molecule has 4 nitrogen and oxygen atoms in total. The Morgan fingerprint density at radius 2 is 1.81 bits per heavy atom. The van der Waals surface area contributed by atoms with Crippen molar-refractivity contribution in [2.45, 2.75) is 37.4 Å². The predicted molar refractivity (Wildman–Crippen MR) is 106 cm³/mol. The van der Waals surface area contributed by atoms with E-state index in [0.29, 0.717) is 18.4 Å². The molecule has 0 spiro atoms. The molecule has 26 heavy (non-hydrogen) atoms.